The second kappa shape index (κ2) is 30.0. The molecule has 0 radical (unpaired) electrons. The van der Waals surface area contributed by atoms with Crippen molar-refractivity contribution in [3.8, 4) is 83.4 Å². The van der Waals surface area contributed by atoms with Crippen LogP contribution in [0.4, 0.5) is 0 Å². The molecule has 7 N–H and O–H groups in total. The van der Waals surface area contributed by atoms with E-state index in [1.807, 2.05) is 5.92 Å². The Morgan fingerprint density at radius 2 is 1.05 bits per heavy atom. The van der Waals surface area contributed by atoms with Gasteiger partial charge in [0.15, 0.2) is 6.10 Å². The van der Waals surface area contributed by atoms with Crippen molar-refractivity contribution in [3.05, 3.63) is 0 Å². The fourth-order valence-electron chi connectivity index (χ4n) is 5.20. The lowest BCUT2D eigenvalue weighted by Gasteiger charge is -2.43. The SMILES string of the molecule is C#CC#CC#CC#CC#CC#CC#CC(=O)OC[C@H](COP(=O)(O)OC1C(O)[C@H](O)[C@H](O)C(OP(=O)(O)O)[C@@H]1O)OC(=O)CCCCCCCCCCCCCCC. The van der Waals surface area contributed by atoms with Crippen LogP contribution in [-0.2, 0) is 41.8 Å². The van der Waals surface area contributed by atoms with Crippen molar-refractivity contribution in [1.82, 2.24) is 0 Å². The van der Waals surface area contributed by atoms with E-state index in [4.69, 9.17) is 34.7 Å². The summed E-state index contributed by atoms with van der Waals surface area (Å²) in [5.41, 5.74) is 0. The van der Waals surface area contributed by atoms with Gasteiger partial charge in [0, 0.05) is 12.3 Å². The number of ether oxygens (including phenoxy) is 2. The van der Waals surface area contributed by atoms with E-state index in [-0.39, 0.29) is 6.42 Å². The van der Waals surface area contributed by atoms with Crippen LogP contribution in [0, 0.1) is 83.4 Å². The van der Waals surface area contributed by atoms with E-state index in [0.29, 0.717) is 6.42 Å². The van der Waals surface area contributed by atoms with E-state index in [9.17, 15) is 44.0 Å². The predicted octanol–water partition coefficient (Wildman–Crippen LogP) is 2.01. The van der Waals surface area contributed by atoms with Crippen molar-refractivity contribution < 1.29 is 76.9 Å². The molecule has 1 saturated carbocycles. The predicted molar refractivity (Wildman–Crippen MR) is 208 cm³/mol. The molecule has 0 heterocycles. The third-order valence-corrected chi connectivity index (χ3v) is 9.53. The third-order valence-electron chi connectivity index (χ3n) is 8.03. The van der Waals surface area contributed by atoms with Crippen LogP contribution in [-0.4, -0.2) is 103 Å². The molecule has 4 unspecified atom stereocenters. The Bertz CT molecular complexity index is 1830. The molecule has 1 aliphatic rings. The van der Waals surface area contributed by atoms with Crippen LogP contribution in [0.5, 0.6) is 0 Å². The zero-order valence-corrected chi connectivity index (χ0v) is 33.9. The molecule has 316 valence electrons. The third kappa shape index (κ3) is 24.6. The normalized spacial score (nSPS) is 20.9. The molecule has 16 nitrogen and oxygen atoms in total. The van der Waals surface area contributed by atoms with Gasteiger partial charge < -0.3 is 44.6 Å². The molecule has 18 heteroatoms. The summed E-state index contributed by atoms with van der Waals surface area (Å²) in [5, 5.41) is 40.9. The van der Waals surface area contributed by atoms with E-state index in [0.717, 1.165) is 32.1 Å². The highest BCUT2D eigenvalue weighted by atomic mass is 31.2. The van der Waals surface area contributed by atoms with Gasteiger partial charge in [0.25, 0.3) is 0 Å². The van der Waals surface area contributed by atoms with Gasteiger partial charge in [-0.1, -0.05) is 84.0 Å². The quantitative estimate of drug-likeness (QED) is 0.0241. The number of carbonyl (C=O) groups is 2. The van der Waals surface area contributed by atoms with E-state index in [2.05, 4.69) is 82.5 Å². The van der Waals surface area contributed by atoms with E-state index < -0.39 is 83.5 Å². The van der Waals surface area contributed by atoms with Gasteiger partial charge in [-0.05, 0) is 77.5 Å². The first-order chi connectivity index (χ1) is 27.6. The van der Waals surface area contributed by atoms with Crippen LogP contribution in [0.1, 0.15) is 96.8 Å². The van der Waals surface area contributed by atoms with Crippen molar-refractivity contribution in [2.45, 2.75) is 140 Å². The van der Waals surface area contributed by atoms with Crippen LogP contribution < -0.4 is 0 Å². The Kier molecular flexibility index (Phi) is 26.9. The fraction of sp³-hybridized carbons (Fsp3) is 0.600. The number of rotatable bonds is 24. The number of esters is 2. The maximum absolute atomic E-state index is 12.9. The lowest BCUT2D eigenvalue weighted by Crippen LogP contribution is -2.64. The number of hydrogen-bond donors (Lipinski definition) is 7. The summed E-state index contributed by atoms with van der Waals surface area (Å²) in [5.74, 6) is 27.9. The minimum Gasteiger partial charge on any atom is -0.456 e. The first-order valence-electron chi connectivity index (χ1n) is 18.6. The smallest absolute Gasteiger partial charge is 0.456 e. The minimum atomic E-state index is -5.39. The number of terminal acetylenes is 1. The van der Waals surface area contributed by atoms with E-state index in [1.165, 1.54) is 44.9 Å². The summed E-state index contributed by atoms with van der Waals surface area (Å²) in [7, 11) is -10.8. The zero-order chi connectivity index (χ0) is 43.2. The second-order valence-corrected chi connectivity index (χ2v) is 15.3. The average molecular weight is 849 g/mol. The maximum Gasteiger partial charge on any atom is 0.472 e. The number of carbonyl (C=O) groups excluding carboxylic acids is 2. The number of phosphoric ester groups is 2. The summed E-state index contributed by atoms with van der Waals surface area (Å²) in [6.45, 7) is 0.506. The van der Waals surface area contributed by atoms with Gasteiger partial charge >= 0.3 is 27.6 Å². The summed E-state index contributed by atoms with van der Waals surface area (Å²) < 4.78 is 48.4. The standard InChI is InChI=1S/C40H50O16P2/c1-3-5-7-9-11-13-15-17-19-21-23-25-27-29-34(42)54-32(30-52-33(41)28-26-24-22-20-18-16-14-12-10-8-6-4-2)31-53-58(50,51)56-40-37(45)35(43)36(44)39(38(40)46)55-57(47,48)49/h2,32,35-40,43-46H,3,5,7,9,11,13,15,17,19,21,23,25,27,29-31H2,1H3,(H,50,51)(H2,47,48,49)/t32-,35-,36+,37?,38+,39?,40?/m1/s1. The molecule has 8 atom stereocenters. The fourth-order valence-corrected chi connectivity index (χ4v) is 6.74. The summed E-state index contributed by atoms with van der Waals surface area (Å²) in [6.07, 6.45) is 3.80. The Balaban J connectivity index is 2.83. The van der Waals surface area contributed by atoms with Crippen LogP contribution >= 0.6 is 15.6 Å². The topological polar surface area (TPSA) is 256 Å². The van der Waals surface area contributed by atoms with Crippen LogP contribution in [0.2, 0.25) is 0 Å². The monoisotopic (exact) mass is 848 g/mol. The molecular formula is C40H50O16P2. The zero-order valence-electron chi connectivity index (χ0n) is 32.1. The van der Waals surface area contributed by atoms with Crippen molar-refractivity contribution in [3.63, 3.8) is 0 Å². The van der Waals surface area contributed by atoms with Gasteiger partial charge in [-0.15, -0.1) is 6.42 Å². The Morgan fingerprint density at radius 3 is 1.53 bits per heavy atom. The van der Waals surface area contributed by atoms with Gasteiger partial charge in [-0.2, -0.15) is 0 Å². The first kappa shape index (κ1) is 51.9. The Hall–Kier alpha value is -4.08. The summed E-state index contributed by atoms with van der Waals surface area (Å²) in [4.78, 5) is 53.5. The molecule has 0 saturated heterocycles. The van der Waals surface area contributed by atoms with Gasteiger partial charge in [-0.25, -0.2) is 13.9 Å². The van der Waals surface area contributed by atoms with Gasteiger partial charge in [0.1, 0.15) is 43.2 Å². The lowest BCUT2D eigenvalue weighted by atomic mass is 9.85. The highest BCUT2D eigenvalue weighted by Crippen LogP contribution is 2.49. The molecule has 1 rings (SSSR count). The molecule has 0 aromatic rings. The largest absolute Gasteiger partial charge is 0.472 e. The minimum absolute atomic E-state index is 0.0373. The summed E-state index contributed by atoms with van der Waals surface area (Å²) >= 11 is 0. The number of phosphoric acid groups is 2. The van der Waals surface area contributed by atoms with Gasteiger partial charge in [-0.3, -0.25) is 18.4 Å². The molecular weight excluding hydrogens is 798 g/mol. The Morgan fingerprint density at radius 1 is 0.603 bits per heavy atom. The highest BCUT2D eigenvalue weighted by molar-refractivity contribution is 7.47. The molecule has 1 fully saturated rings. The number of aliphatic hydroxyl groups excluding tert-OH is 4. The number of hydrogen-bond acceptors (Lipinski definition) is 13. The molecule has 0 aromatic heterocycles. The molecule has 0 amide bonds. The van der Waals surface area contributed by atoms with Crippen LogP contribution in [0.25, 0.3) is 0 Å². The lowest BCUT2D eigenvalue weighted by molar-refractivity contribution is -0.216. The molecule has 58 heavy (non-hydrogen) atoms. The van der Waals surface area contributed by atoms with Crippen molar-refractivity contribution in [1.29, 1.82) is 0 Å². The Labute approximate surface area is 340 Å². The van der Waals surface area contributed by atoms with E-state index in [1.54, 1.807) is 0 Å². The molecule has 0 aromatic carbocycles. The average Bonchev–Trinajstić information content (AvgIpc) is 3.17. The van der Waals surface area contributed by atoms with E-state index >= 15 is 0 Å². The molecule has 0 spiro atoms. The van der Waals surface area contributed by atoms with Crippen LogP contribution in [0.3, 0.4) is 0 Å². The highest BCUT2D eigenvalue weighted by Gasteiger charge is 2.54. The maximum atomic E-state index is 12.9. The molecule has 1 aliphatic carbocycles. The second-order valence-electron chi connectivity index (χ2n) is 12.7. The van der Waals surface area contributed by atoms with Crippen molar-refractivity contribution in [2.24, 2.45) is 0 Å². The summed E-state index contributed by atoms with van der Waals surface area (Å²) in [6, 6.07) is 0. The molecule has 0 aliphatic heterocycles. The molecule has 0 bridgehead atoms. The van der Waals surface area contributed by atoms with Gasteiger partial charge in [0.05, 0.1) is 6.61 Å². The van der Waals surface area contributed by atoms with Crippen molar-refractivity contribution in [2.75, 3.05) is 13.2 Å². The van der Waals surface area contributed by atoms with Gasteiger partial charge in [0.2, 0.25) is 0 Å². The first-order valence-corrected chi connectivity index (χ1v) is 21.6. The number of aliphatic hydroxyl groups is 4. The van der Waals surface area contributed by atoms with Crippen molar-refractivity contribution >= 4 is 27.6 Å². The number of unbranched alkanes of at least 4 members (excludes halogenated alkanes) is 12. The van der Waals surface area contributed by atoms with Crippen LogP contribution in [0.15, 0.2) is 0 Å².